The molecule has 0 fully saturated rings. The van der Waals surface area contributed by atoms with Crippen molar-refractivity contribution in [3.63, 3.8) is 0 Å². The van der Waals surface area contributed by atoms with E-state index in [9.17, 15) is 4.79 Å². The van der Waals surface area contributed by atoms with Crippen molar-refractivity contribution in [1.82, 2.24) is 5.32 Å². The summed E-state index contributed by atoms with van der Waals surface area (Å²) < 4.78 is 5.22. The summed E-state index contributed by atoms with van der Waals surface area (Å²) in [5.74, 6) is 1.55. The molecule has 4 heteroatoms. The van der Waals surface area contributed by atoms with Gasteiger partial charge in [0, 0.05) is 19.0 Å². The number of benzene rings is 1. The van der Waals surface area contributed by atoms with E-state index in [0.29, 0.717) is 18.9 Å². The molecule has 0 saturated heterocycles. The molecular formula is C17H28N2O2. The Hall–Kier alpha value is -1.55. The van der Waals surface area contributed by atoms with Gasteiger partial charge in [-0.2, -0.15) is 0 Å². The summed E-state index contributed by atoms with van der Waals surface area (Å²) in [5.41, 5.74) is 6.83. The second-order valence-corrected chi connectivity index (χ2v) is 6.01. The molecule has 21 heavy (non-hydrogen) atoms. The molecule has 1 aromatic rings. The van der Waals surface area contributed by atoms with Crippen molar-refractivity contribution in [2.75, 3.05) is 13.7 Å². The minimum absolute atomic E-state index is 0.0569. The highest BCUT2D eigenvalue weighted by atomic mass is 16.5. The average molecular weight is 292 g/mol. The normalized spacial score (nSPS) is 13.8. The van der Waals surface area contributed by atoms with Crippen LogP contribution in [0.15, 0.2) is 24.3 Å². The van der Waals surface area contributed by atoms with Crippen LogP contribution in [-0.2, 0) is 4.79 Å². The molecule has 2 atom stereocenters. The largest absolute Gasteiger partial charge is 0.497 e. The molecule has 0 aromatic heterocycles. The maximum absolute atomic E-state index is 12.1. The van der Waals surface area contributed by atoms with E-state index >= 15 is 0 Å². The zero-order chi connectivity index (χ0) is 15.8. The van der Waals surface area contributed by atoms with Crippen molar-refractivity contribution in [1.29, 1.82) is 0 Å². The van der Waals surface area contributed by atoms with E-state index in [1.807, 2.05) is 31.2 Å². The average Bonchev–Trinajstić information content (AvgIpc) is 2.45. The number of hydrogen-bond donors (Lipinski definition) is 2. The molecule has 1 amide bonds. The number of carbonyl (C=O) groups is 1. The Balaban J connectivity index is 2.56. The first-order chi connectivity index (χ1) is 9.96. The second kappa shape index (κ2) is 8.67. The summed E-state index contributed by atoms with van der Waals surface area (Å²) in [5, 5.41) is 3.03. The Kier molecular flexibility index (Phi) is 7.23. The number of methoxy groups -OCH3 is 1. The monoisotopic (exact) mass is 292 g/mol. The predicted octanol–water partition coefficient (Wildman–Crippen LogP) is 2.68. The van der Waals surface area contributed by atoms with Crippen molar-refractivity contribution < 1.29 is 9.53 Å². The Morgan fingerprint density at radius 3 is 2.62 bits per heavy atom. The van der Waals surface area contributed by atoms with Crippen LogP contribution in [0.4, 0.5) is 0 Å². The topological polar surface area (TPSA) is 64.3 Å². The Morgan fingerprint density at radius 1 is 1.33 bits per heavy atom. The van der Waals surface area contributed by atoms with Crippen LogP contribution < -0.4 is 15.8 Å². The third kappa shape index (κ3) is 6.17. The molecule has 0 aliphatic rings. The smallest absolute Gasteiger partial charge is 0.220 e. The van der Waals surface area contributed by atoms with Crippen molar-refractivity contribution in [2.45, 2.75) is 45.6 Å². The third-order valence-electron chi connectivity index (χ3n) is 3.56. The fourth-order valence-corrected chi connectivity index (χ4v) is 2.41. The molecule has 118 valence electrons. The van der Waals surface area contributed by atoms with E-state index in [1.165, 1.54) is 0 Å². The zero-order valence-corrected chi connectivity index (χ0v) is 13.6. The molecule has 0 spiro atoms. The van der Waals surface area contributed by atoms with Gasteiger partial charge in [0.1, 0.15) is 5.75 Å². The van der Waals surface area contributed by atoms with Crippen LogP contribution in [0, 0.1) is 5.92 Å². The highest BCUT2D eigenvalue weighted by Gasteiger charge is 2.16. The zero-order valence-electron chi connectivity index (χ0n) is 13.6. The summed E-state index contributed by atoms with van der Waals surface area (Å²) in [7, 11) is 1.65. The summed E-state index contributed by atoms with van der Waals surface area (Å²) in [4.78, 5) is 12.1. The lowest BCUT2D eigenvalue weighted by Crippen LogP contribution is -2.41. The quantitative estimate of drug-likeness (QED) is 0.774. The first kappa shape index (κ1) is 17.5. The number of hydrogen-bond acceptors (Lipinski definition) is 3. The van der Waals surface area contributed by atoms with Crippen LogP contribution in [0.2, 0.25) is 0 Å². The van der Waals surface area contributed by atoms with Gasteiger partial charge in [0.2, 0.25) is 5.91 Å². The predicted molar refractivity (Wildman–Crippen MR) is 86.5 cm³/mol. The Bertz CT molecular complexity index is 446. The van der Waals surface area contributed by atoms with Crippen LogP contribution in [-0.4, -0.2) is 25.6 Å². The number of nitrogens with two attached hydrogens (primary N) is 1. The molecular weight excluding hydrogens is 264 g/mol. The number of rotatable bonds is 8. The van der Waals surface area contributed by atoms with Crippen molar-refractivity contribution in [3.8, 4) is 5.75 Å². The molecule has 0 bridgehead atoms. The minimum Gasteiger partial charge on any atom is -0.497 e. The van der Waals surface area contributed by atoms with E-state index in [2.05, 4.69) is 19.2 Å². The molecule has 1 rings (SSSR count). The maximum atomic E-state index is 12.1. The van der Waals surface area contributed by atoms with E-state index in [4.69, 9.17) is 10.5 Å². The number of amides is 1. The Labute approximate surface area is 128 Å². The summed E-state index contributed by atoms with van der Waals surface area (Å²) in [6, 6.07) is 7.92. The molecule has 0 heterocycles. The van der Waals surface area contributed by atoms with Gasteiger partial charge in [0.05, 0.1) is 7.11 Å². The lowest BCUT2D eigenvalue weighted by Gasteiger charge is -2.20. The molecule has 2 unspecified atom stereocenters. The molecule has 4 nitrogen and oxygen atoms in total. The maximum Gasteiger partial charge on any atom is 0.220 e. The van der Waals surface area contributed by atoms with Crippen molar-refractivity contribution >= 4 is 5.91 Å². The molecule has 0 aliphatic carbocycles. The Morgan fingerprint density at radius 2 is 2.05 bits per heavy atom. The van der Waals surface area contributed by atoms with Gasteiger partial charge < -0.3 is 15.8 Å². The van der Waals surface area contributed by atoms with E-state index in [0.717, 1.165) is 17.7 Å². The van der Waals surface area contributed by atoms with Gasteiger partial charge in [-0.25, -0.2) is 0 Å². The summed E-state index contributed by atoms with van der Waals surface area (Å²) in [6.45, 7) is 6.80. The van der Waals surface area contributed by atoms with E-state index < -0.39 is 0 Å². The van der Waals surface area contributed by atoms with Crippen LogP contribution in [0.5, 0.6) is 5.75 Å². The minimum atomic E-state index is 0.0569. The van der Waals surface area contributed by atoms with Gasteiger partial charge in [0.25, 0.3) is 0 Å². The highest BCUT2D eigenvalue weighted by Crippen LogP contribution is 2.23. The molecule has 0 radical (unpaired) electrons. The lowest BCUT2D eigenvalue weighted by atomic mass is 9.96. The van der Waals surface area contributed by atoms with Gasteiger partial charge in [-0.15, -0.1) is 0 Å². The fourth-order valence-electron chi connectivity index (χ4n) is 2.41. The summed E-state index contributed by atoms with van der Waals surface area (Å²) >= 11 is 0. The lowest BCUT2D eigenvalue weighted by molar-refractivity contribution is -0.122. The van der Waals surface area contributed by atoms with Gasteiger partial charge >= 0.3 is 0 Å². The highest BCUT2D eigenvalue weighted by molar-refractivity contribution is 5.77. The van der Waals surface area contributed by atoms with Gasteiger partial charge in [-0.1, -0.05) is 32.9 Å². The van der Waals surface area contributed by atoms with Crippen LogP contribution in [0.25, 0.3) is 0 Å². The van der Waals surface area contributed by atoms with Gasteiger partial charge in [-0.3, -0.25) is 4.79 Å². The van der Waals surface area contributed by atoms with Crippen molar-refractivity contribution in [2.24, 2.45) is 11.7 Å². The van der Waals surface area contributed by atoms with Crippen LogP contribution in [0.3, 0.4) is 0 Å². The molecule has 0 aliphatic heterocycles. The van der Waals surface area contributed by atoms with Gasteiger partial charge in [-0.05, 0) is 36.0 Å². The molecule has 0 saturated carbocycles. The molecule has 3 N–H and O–H groups in total. The van der Waals surface area contributed by atoms with E-state index in [-0.39, 0.29) is 17.9 Å². The first-order valence-electron chi connectivity index (χ1n) is 7.59. The molecule has 1 aromatic carbocycles. The van der Waals surface area contributed by atoms with Crippen molar-refractivity contribution in [3.05, 3.63) is 29.8 Å². The van der Waals surface area contributed by atoms with E-state index in [1.54, 1.807) is 7.11 Å². The van der Waals surface area contributed by atoms with Crippen LogP contribution >= 0.6 is 0 Å². The standard InChI is InChI=1S/C17H28N2O2/c1-12(2)8-15(11-18)19-17(20)9-13(3)14-6-5-7-16(10-14)21-4/h5-7,10,12-13,15H,8-9,11,18H2,1-4H3,(H,19,20). The number of ether oxygens (including phenoxy) is 1. The second-order valence-electron chi connectivity index (χ2n) is 6.01. The third-order valence-corrected chi connectivity index (χ3v) is 3.56. The first-order valence-corrected chi connectivity index (χ1v) is 7.59. The van der Waals surface area contributed by atoms with Crippen LogP contribution in [0.1, 0.15) is 45.1 Å². The SMILES string of the molecule is COc1cccc(C(C)CC(=O)NC(CN)CC(C)C)c1. The number of nitrogens with one attached hydrogen (secondary N) is 1. The van der Waals surface area contributed by atoms with Gasteiger partial charge in [0.15, 0.2) is 0 Å². The fraction of sp³-hybridized carbons (Fsp3) is 0.588. The number of carbonyl (C=O) groups excluding carboxylic acids is 1. The summed E-state index contributed by atoms with van der Waals surface area (Å²) in [6.07, 6.45) is 1.37.